The highest BCUT2D eigenvalue weighted by molar-refractivity contribution is 8.03. The fraction of sp³-hybridized carbons (Fsp3) is 0.0714. The average Bonchev–Trinajstić information content (AvgIpc) is 2.89. The van der Waals surface area contributed by atoms with Gasteiger partial charge in [0.15, 0.2) is 0 Å². The fourth-order valence-electron chi connectivity index (χ4n) is 3.10. The van der Waals surface area contributed by atoms with E-state index >= 15 is 0 Å². The third-order valence-corrected chi connectivity index (χ3v) is 7.13. The summed E-state index contributed by atoms with van der Waals surface area (Å²) in [5.41, 5.74) is 3.98. The maximum absolute atomic E-state index is 4.62. The number of nitrogens with zero attached hydrogens (tertiary/aromatic N) is 2. The molecular formula is C28H26N4S2. The third-order valence-electron chi connectivity index (χ3n) is 4.75. The van der Waals surface area contributed by atoms with Crippen LogP contribution in [0.4, 0.5) is 22.7 Å². The Morgan fingerprint density at radius 1 is 0.500 bits per heavy atom. The third kappa shape index (κ3) is 7.54. The zero-order chi connectivity index (χ0) is 23.3. The van der Waals surface area contributed by atoms with Gasteiger partial charge in [0.25, 0.3) is 0 Å². The molecule has 0 amide bonds. The molecule has 0 spiro atoms. The van der Waals surface area contributed by atoms with Crippen LogP contribution < -0.4 is 10.6 Å². The summed E-state index contributed by atoms with van der Waals surface area (Å²) in [6.07, 6.45) is 3.50. The number of rotatable bonds is 11. The molecule has 0 saturated heterocycles. The zero-order valence-corrected chi connectivity index (χ0v) is 20.3. The topological polar surface area (TPSA) is 48.8 Å². The van der Waals surface area contributed by atoms with Crippen molar-refractivity contribution in [1.29, 1.82) is 0 Å². The Morgan fingerprint density at radius 3 is 1.32 bits per heavy atom. The van der Waals surface area contributed by atoms with E-state index in [4.69, 9.17) is 0 Å². The Balaban J connectivity index is 1.29. The van der Waals surface area contributed by atoms with Gasteiger partial charge >= 0.3 is 0 Å². The minimum absolute atomic E-state index is 0.970. The summed E-state index contributed by atoms with van der Waals surface area (Å²) in [5, 5.41) is 6.44. The minimum atomic E-state index is 0.970. The van der Waals surface area contributed by atoms with Gasteiger partial charge in [0.1, 0.15) is 0 Å². The summed E-state index contributed by atoms with van der Waals surface area (Å²) in [5.74, 6) is 1.95. The molecule has 4 aromatic rings. The van der Waals surface area contributed by atoms with Crippen molar-refractivity contribution < 1.29 is 0 Å². The number of hydrogen-bond donors (Lipinski definition) is 2. The molecule has 0 saturated carbocycles. The van der Waals surface area contributed by atoms with Gasteiger partial charge in [-0.2, -0.15) is 0 Å². The van der Waals surface area contributed by atoms with Crippen LogP contribution in [0.25, 0.3) is 0 Å². The largest absolute Gasteiger partial charge is 0.346 e. The van der Waals surface area contributed by atoms with Gasteiger partial charge in [0.2, 0.25) is 0 Å². The van der Waals surface area contributed by atoms with Crippen molar-refractivity contribution in [3.05, 3.63) is 109 Å². The molecule has 0 fully saturated rings. The molecule has 4 nitrogen and oxygen atoms in total. The van der Waals surface area contributed by atoms with Gasteiger partial charge in [-0.1, -0.05) is 60.7 Å². The molecule has 0 atom stereocenters. The standard InChI is InChI=1S/C28H26N4S2/c1-3-11-23(12-4-1)29-21-31-25-15-7-9-17-27(25)33-19-20-34-28-18-10-8-16-26(28)32-22-30-24-13-5-2-6-14-24/h1-18,21-22H,19-20H2,(H,29,31)(H,30,32). The van der Waals surface area contributed by atoms with Crippen LogP contribution in [0, 0.1) is 0 Å². The Hall–Kier alpha value is -3.48. The van der Waals surface area contributed by atoms with Gasteiger partial charge in [0.05, 0.1) is 24.1 Å². The van der Waals surface area contributed by atoms with Crippen molar-refractivity contribution in [2.24, 2.45) is 9.98 Å². The lowest BCUT2D eigenvalue weighted by Gasteiger charge is -2.07. The summed E-state index contributed by atoms with van der Waals surface area (Å²) in [6.45, 7) is 0. The van der Waals surface area contributed by atoms with Gasteiger partial charge < -0.3 is 10.6 Å². The molecule has 0 aliphatic heterocycles. The summed E-state index contributed by atoms with van der Waals surface area (Å²) in [4.78, 5) is 11.6. The monoisotopic (exact) mass is 482 g/mol. The summed E-state index contributed by atoms with van der Waals surface area (Å²) in [7, 11) is 0. The van der Waals surface area contributed by atoms with Gasteiger partial charge in [-0.3, -0.25) is 0 Å². The second-order valence-corrected chi connectivity index (χ2v) is 9.44. The van der Waals surface area contributed by atoms with Gasteiger partial charge in [0, 0.05) is 32.7 Å². The van der Waals surface area contributed by atoms with Crippen LogP contribution in [0.15, 0.2) is 129 Å². The average molecular weight is 483 g/mol. The zero-order valence-electron chi connectivity index (χ0n) is 18.7. The number of benzene rings is 4. The van der Waals surface area contributed by atoms with Crippen molar-refractivity contribution >= 4 is 59.0 Å². The maximum Gasteiger partial charge on any atom is 0.0930 e. The van der Waals surface area contributed by atoms with Crippen molar-refractivity contribution in [2.75, 3.05) is 22.1 Å². The van der Waals surface area contributed by atoms with Crippen molar-refractivity contribution in [1.82, 2.24) is 0 Å². The van der Waals surface area contributed by atoms with Crippen LogP contribution >= 0.6 is 23.5 Å². The smallest absolute Gasteiger partial charge is 0.0930 e. The first-order valence-corrected chi connectivity index (χ1v) is 13.0. The minimum Gasteiger partial charge on any atom is -0.346 e. The number of thioether (sulfide) groups is 2. The molecule has 0 bridgehead atoms. The van der Waals surface area contributed by atoms with E-state index in [-0.39, 0.29) is 0 Å². The quantitative estimate of drug-likeness (QED) is 0.0981. The first-order chi connectivity index (χ1) is 16.9. The Morgan fingerprint density at radius 2 is 0.882 bits per heavy atom. The second kappa shape index (κ2) is 13.3. The number of anilines is 2. The summed E-state index contributed by atoms with van der Waals surface area (Å²) >= 11 is 3.64. The summed E-state index contributed by atoms with van der Waals surface area (Å²) in [6, 6.07) is 36.6. The summed E-state index contributed by atoms with van der Waals surface area (Å²) < 4.78 is 0. The predicted octanol–water partition coefficient (Wildman–Crippen LogP) is 8.11. The fourth-order valence-corrected chi connectivity index (χ4v) is 5.09. The number of aliphatic imine (C=N–C) groups is 2. The van der Waals surface area contributed by atoms with Crippen molar-refractivity contribution in [2.45, 2.75) is 9.79 Å². The molecule has 6 heteroatoms. The van der Waals surface area contributed by atoms with Crippen LogP contribution in [0.5, 0.6) is 0 Å². The molecule has 0 unspecified atom stereocenters. The molecule has 4 aromatic carbocycles. The highest BCUT2D eigenvalue weighted by Crippen LogP contribution is 2.33. The van der Waals surface area contributed by atoms with E-state index in [9.17, 15) is 0 Å². The number of para-hydroxylation sites is 4. The molecule has 0 heterocycles. The molecule has 170 valence electrons. The number of hydrogen-bond acceptors (Lipinski definition) is 4. The molecule has 0 radical (unpaired) electrons. The Labute approximate surface area is 209 Å². The predicted molar refractivity (Wildman–Crippen MR) is 151 cm³/mol. The molecule has 0 aliphatic carbocycles. The Kier molecular flexibility index (Phi) is 9.25. The molecule has 4 rings (SSSR count). The van der Waals surface area contributed by atoms with Crippen molar-refractivity contribution in [3.63, 3.8) is 0 Å². The van der Waals surface area contributed by atoms with Gasteiger partial charge in [-0.25, -0.2) is 9.98 Å². The SMILES string of the molecule is C(=Nc1ccccc1SCCSc1ccccc1N=CNc1ccccc1)Nc1ccccc1. The van der Waals surface area contributed by atoms with E-state index in [1.807, 2.05) is 108 Å². The van der Waals surface area contributed by atoms with E-state index in [0.717, 1.165) is 34.3 Å². The lowest BCUT2D eigenvalue weighted by Crippen LogP contribution is -1.94. The lowest BCUT2D eigenvalue weighted by atomic mass is 10.3. The van der Waals surface area contributed by atoms with E-state index in [2.05, 4.69) is 44.9 Å². The van der Waals surface area contributed by atoms with Crippen LogP contribution in [0.2, 0.25) is 0 Å². The first-order valence-electron chi connectivity index (χ1n) is 11.0. The lowest BCUT2D eigenvalue weighted by molar-refractivity contribution is 1.35. The first kappa shape index (κ1) is 23.7. The Bertz CT molecular complexity index is 1110. The molecule has 0 aliphatic rings. The number of nitrogens with one attached hydrogen (secondary N) is 2. The molecule has 2 N–H and O–H groups in total. The molecular weight excluding hydrogens is 456 g/mol. The normalized spacial score (nSPS) is 11.2. The van der Waals surface area contributed by atoms with E-state index in [1.54, 1.807) is 12.7 Å². The molecule has 0 aromatic heterocycles. The van der Waals surface area contributed by atoms with Gasteiger partial charge in [-0.05, 0) is 48.5 Å². The van der Waals surface area contributed by atoms with Gasteiger partial charge in [-0.15, -0.1) is 23.5 Å². The van der Waals surface area contributed by atoms with Crippen LogP contribution in [0.1, 0.15) is 0 Å². The molecule has 34 heavy (non-hydrogen) atoms. The van der Waals surface area contributed by atoms with E-state index < -0.39 is 0 Å². The highest BCUT2D eigenvalue weighted by Gasteiger charge is 2.04. The highest BCUT2D eigenvalue weighted by atomic mass is 32.2. The van der Waals surface area contributed by atoms with Crippen LogP contribution in [-0.2, 0) is 0 Å². The van der Waals surface area contributed by atoms with Crippen molar-refractivity contribution in [3.8, 4) is 0 Å². The van der Waals surface area contributed by atoms with E-state index in [0.29, 0.717) is 0 Å². The van der Waals surface area contributed by atoms with Crippen LogP contribution in [0.3, 0.4) is 0 Å². The van der Waals surface area contributed by atoms with Crippen LogP contribution in [-0.4, -0.2) is 24.2 Å². The van der Waals surface area contributed by atoms with E-state index in [1.165, 1.54) is 9.79 Å². The maximum atomic E-state index is 4.62. The second-order valence-electron chi connectivity index (χ2n) is 7.17.